The predicted molar refractivity (Wildman–Crippen MR) is 124 cm³/mol. The molecule has 0 unspecified atom stereocenters. The molecule has 0 fully saturated rings. The van der Waals surface area contributed by atoms with Gasteiger partial charge < -0.3 is 70.4 Å². The van der Waals surface area contributed by atoms with Crippen LogP contribution in [0.1, 0.15) is 0 Å². The minimum atomic E-state index is -1.08. The molecule has 0 heterocycles. The highest BCUT2D eigenvalue weighted by molar-refractivity contribution is 5.67. The lowest BCUT2D eigenvalue weighted by atomic mass is 10.2. The van der Waals surface area contributed by atoms with Crippen molar-refractivity contribution in [3.63, 3.8) is 0 Å². The number of phenolic OH excluding ortho intramolecular Hbond substituents is 11. The molecule has 0 aromatic heterocycles. The maximum absolute atomic E-state index is 10.4. The smallest absolute Gasteiger partial charge is 0.215 e. The summed E-state index contributed by atoms with van der Waals surface area (Å²) in [4.78, 5) is 0. The Bertz CT molecular complexity index is 1490. The fourth-order valence-electron chi connectivity index (χ4n) is 3.19. The van der Waals surface area contributed by atoms with Crippen LogP contribution in [0, 0.1) is 0 Å². The van der Waals surface area contributed by atoms with E-state index in [1.165, 1.54) is 0 Å². The van der Waals surface area contributed by atoms with E-state index in [4.69, 9.17) is 14.2 Å². The third-order valence-corrected chi connectivity index (χ3v) is 4.93. The van der Waals surface area contributed by atoms with Crippen LogP contribution < -0.4 is 14.2 Å². The second-order valence-corrected chi connectivity index (χ2v) is 7.64. The highest BCUT2D eigenvalue weighted by Crippen LogP contribution is 2.54. The van der Waals surface area contributed by atoms with Gasteiger partial charge in [-0.05, 0) is 0 Å². The zero-order chi connectivity index (χ0) is 27.9. The summed E-state index contributed by atoms with van der Waals surface area (Å²) in [6.07, 6.45) is 0. The van der Waals surface area contributed by atoms with E-state index < -0.39 is 86.2 Å². The van der Waals surface area contributed by atoms with Crippen molar-refractivity contribution in [1.82, 2.24) is 0 Å². The molecular formula is C24H18O14. The first-order valence-electron chi connectivity index (χ1n) is 10.2. The van der Waals surface area contributed by atoms with Gasteiger partial charge >= 0.3 is 0 Å². The van der Waals surface area contributed by atoms with Crippen LogP contribution in [-0.2, 0) is 0 Å². The maximum atomic E-state index is 10.4. The molecule has 0 saturated carbocycles. The summed E-state index contributed by atoms with van der Waals surface area (Å²) in [7, 11) is 0. The molecule has 4 rings (SSSR count). The van der Waals surface area contributed by atoms with E-state index in [0.29, 0.717) is 0 Å². The summed E-state index contributed by atoms with van der Waals surface area (Å²) in [5.41, 5.74) is 0. The SMILES string of the molecule is Oc1cc(O)c(Oc2cc(O)c(Oc3cc(O)c(O)c(O)c3Oc3cc(O)c(O)c(O)c3)c(O)c2)c(O)c1. The predicted octanol–water partition coefficient (Wildman–Crippen LogP) is 3.83. The standard InChI is InChI=1S/C24H18O14/c25-8-1-14(29)22(15(30)2-8)36-10-5-16(31)23(17(32)6-10)38-18-7-13(28)20(34)21(35)24(18)37-9-3-11(26)19(33)12(27)4-9/h1-7,25-35H. The Morgan fingerprint density at radius 2 is 0.737 bits per heavy atom. The highest BCUT2D eigenvalue weighted by atomic mass is 16.5. The van der Waals surface area contributed by atoms with E-state index in [1.807, 2.05) is 0 Å². The van der Waals surface area contributed by atoms with Crippen molar-refractivity contribution in [3.8, 4) is 97.7 Å². The largest absolute Gasteiger partial charge is 0.508 e. The van der Waals surface area contributed by atoms with E-state index in [2.05, 4.69) is 0 Å². The lowest BCUT2D eigenvalue weighted by Crippen LogP contribution is -1.94. The fraction of sp³-hybridized carbons (Fsp3) is 0. The molecular weight excluding hydrogens is 512 g/mol. The van der Waals surface area contributed by atoms with Crippen LogP contribution in [0.15, 0.2) is 42.5 Å². The highest BCUT2D eigenvalue weighted by Gasteiger charge is 2.25. The summed E-state index contributed by atoms with van der Waals surface area (Å²) in [5.74, 6) is -12.1. The minimum Gasteiger partial charge on any atom is -0.508 e. The van der Waals surface area contributed by atoms with Crippen molar-refractivity contribution in [2.24, 2.45) is 0 Å². The van der Waals surface area contributed by atoms with Gasteiger partial charge in [-0.25, -0.2) is 0 Å². The quantitative estimate of drug-likeness (QED) is 0.159. The molecule has 14 heteroatoms. The summed E-state index contributed by atoms with van der Waals surface area (Å²) < 4.78 is 16.0. The summed E-state index contributed by atoms with van der Waals surface area (Å²) in [6, 6.07) is 5.90. The van der Waals surface area contributed by atoms with Crippen LogP contribution in [0.2, 0.25) is 0 Å². The van der Waals surface area contributed by atoms with E-state index in [1.54, 1.807) is 0 Å². The van der Waals surface area contributed by atoms with Gasteiger partial charge in [0.2, 0.25) is 34.5 Å². The van der Waals surface area contributed by atoms with Gasteiger partial charge in [0.25, 0.3) is 0 Å². The average molecular weight is 530 g/mol. The topological polar surface area (TPSA) is 250 Å². The lowest BCUT2D eigenvalue weighted by molar-refractivity contribution is 0.323. The second-order valence-electron chi connectivity index (χ2n) is 7.64. The number of ether oxygens (including phenoxy) is 3. The number of benzene rings is 4. The first-order valence-corrected chi connectivity index (χ1v) is 10.2. The zero-order valence-electron chi connectivity index (χ0n) is 18.7. The van der Waals surface area contributed by atoms with Crippen LogP contribution in [0.4, 0.5) is 0 Å². The Balaban J connectivity index is 1.72. The molecule has 0 spiro atoms. The van der Waals surface area contributed by atoms with Gasteiger partial charge in [-0.2, -0.15) is 0 Å². The van der Waals surface area contributed by atoms with Gasteiger partial charge in [-0.1, -0.05) is 0 Å². The van der Waals surface area contributed by atoms with Gasteiger partial charge in [0.1, 0.15) is 17.2 Å². The number of hydrogen-bond acceptors (Lipinski definition) is 14. The first kappa shape index (κ1) is 25.2. The van der Waals surface area contributed by atoms with Crippen molar-refractivity contribution in [2.75, 3.05) is 0 Å². The molecule has 11 N–H and O–H groups in total. The van der Waals surface area contributed by atoms with E-state index in [-0.39, 0.29) is 11.5 Å². The van der Waals surface area contributed by atoms with Gasteiger partial charge in [0, 0.05) is 42.5 Å². The molecule has 14 nitrogen and oxygen atoms in total. The zero-order valence-corrected chi connectivity index (χ0v) is 18.7. The van der Waals surface area contributed by atoms with Gasteiger partial charge in [-0.3, -0.25) is 0 Å². The minimum absolute atomic E-state index is 0.313. The van der Waals surface area contributed by atoms with Crippen LogP contribution in [-0.4, -0.2) is 56.2 Å². The molecule has 0 aliphatic heterocycles. The second kappa shape index (κ2) is 9.27. The number of rotatable bonds is 6. The Hall–Kier alpha value is -5.92. The maximum Gasteiger partial charge on any atom is 0.215 e. The van der Waals surface area contributed by atoms with E-state index in [0.717, 1.165) is 42.5 Å². The van der Waals surface area contributed by atoms with Crippen molar-refractivity contribution >= 4 is 0 Å². The Kier molecular flexibility index (Phi) is 6.14. The monoisotopic (exact) mass is 530 g/mol. The summed E-state index contributed by atoms with van der Waals surface area (Å²) in [5, 5.41) is 109. The molecule has 0 atom stereocenters. The number of phenols is 11. The number of aromatic hydroxyl groups is 11. The van der Waals surface area contributed by atoms with Gasteiger partial charge in [-0.15, -0.1) is 0 Å². The number of hydrogen-bond donors (Lipinski definition) is 11. The Morgan fingerprint density at radius 1 is 0.342 bits per heavy atom. The molecule has 198 valence electrons. The molecule has 0 radical (unpaired) electrons. The van der Waals surface area contributed by atoms with Crippen LogP contribution in [0.3, 0.4) is 0 Å². The van der Waals surface area contributed by atoms with Crippen molar-refractivity contribution in [2.45, 2.75) is 0 Å². The first-order chi connectivity index (χ1) is 17.8. The van der Waals surface area contributed by atoms with E-state index >= 15 is 0 Å². The van der Waals surface area contributed by atoms with Crippen molar-refractivity contribution < 1.29 is 70.4 Å². The average Bonchev–Trinajstić information content (AvgIpc) is 2.83. The Morgan fingerprint density at radius 3 is 1.26 bits per heavy atom. The molecule has 4 aromatic rings. The van der Waals surface area contributed by atoms with Crippen molar-refractivity contribution in [3.05, 3.63) is 42.5 Å². The molecule has 4 aromatic carbocycles. The molecule has 0 amide bonds. The van der Waals surface area contributed by atoms with Crippen LogP contribution in [0.25, 0.3) is 0 Å². The van der Waals surface area contributed by atoms with Crippen LogP contribution in [0.5, 0.6) is 97.7 Å². The summed E-state index contributed by atoms with van der Waals surface area (Å²) >= 11 is 0. The van der Waals surface area contributed by atoms with Gasteiger partial charge in [0.15, 0.2) is 46.0 Å². The fourth-order valence-corrected chi connectivity index (χ4v) is 3.19. The van der Waals surface area contributed by atoms with Crippen LogP contribution >= 0.6 is 0 Å². The lowest BCUT2D eigenvalue weighted by Gasteiger charge is -2.17. The molecule has 0 saturated heterocycles. The van der Waals surface area contributed by atoms with Crippen molar-refractivity contribution in [1.29, 1.82) is 0 Å². The normalized spacial score (nSPS) is 10.7. The summed E-state index contributed by atoms with van der Waals surface area (Å²) in [6.45, 7) is 0. The third kappa shape index (κ3) is 4.64. The van der Waals surface area contributed by atoms with E-state index in [9.17, 15) is 56.2 Å². The third-order valence-electron chi connectivity index (χ3n) is 4.93. The Labute approximate surface area is 211 Å². The molecule has 0 aliphatic rings. The molecule has 38 heavy (non-hydrogen) atoms. The molecule has 0 bridgehead atoms. The van der Waals surface area contributed by atoms with Gasteiger partial charge in [0.05, 0.1) is 0 Å². The molecule has 0 aliphatic carbocycles.